The van der Waals surface area contributed by atoms with Crippen LogP contribution in [0.4, 0.5) is 0 Å². The quantitative estimate of drug-likeness (QED) is 0.469. The molecule has 0 amide bonds. The van der Waals surface area contributed by atoms with Gasteiger partial charge in [0.05, 0.1) is 0 Å². The van der Waals surface area contributed by atoms with Gasteiger partial charge in [0.15, 0.2) is 0 Å². The first-order chi connectivity index (χ1) is 5.33. The maximum absolute atomic E-state index is 4.54. The fourth-order valence-corrected chi connectivity index (χ4v) is 2.21. The van der Waals surface area contributed by atoms with Crippen molar-refractivity contribution < 1.29 is 0 Å². The summed E-state index contributed by atoms with van der Waals surface area (Å²) in [7, 11) is 0. The Hall–Kier alpha value is -0.590. The highest BCUT2D eigenvalue weighted by Crippen LogP contribution is 2.41. The van der Waals surface area contributed by atoms with Gasteiger partial charge < -0.3 is 0 Å². The third-order valence-electron chi connectivity index (χ3n) is 3.11. The molecule has 1 spiro atoms. The summed E-state index contributed by atoms with van der Waals surface area (Å²) in [6.45, 7) is 3.26. The average Bonchev–Trinajstić information content (AvgIpc) is 2.46. The summed E-state index contributed by atoms with van der Waals surface area (Å²) in [6, 6.07) is 0. The molecule has 1 heteroatoms. The molecule has 0 aromatic heterocycles. The molecule has 2 aliphatic rings. The molecule has 0 radical (unpaired) electrons. The van der Waals surface area contributed by atoms with Gasteiger partial charge in [0.25, 0.3) is 0 Å². The van der Waals surface area contributed by atoms with Crippen molar-refractivity contribution in [3.05, 3.63) is 12.2 Å². The van der Waals surface area contributed by atoms with Crippen LogP contribution in [0.5, 0.6) is 0 Å². The van der Waals surface area contributed by atoms with Crippen LogP contribution in [-0.4, -0.2) is 12.3 Å². The molecule has 1 aliphatic heterocycles. The lowest BCUT2D eigenvalue weighted by atomic mass is 9.75. The number of aliphatic imine (C=N–C) groups is 1. The van der Waals surface area contributed by atoms with E-state index in [1.165, 1.54) is 31.4 Å². The van der Waals surface area contributed by atoms with Crippen molar-refractivity contribution in [2.24, 2.45) is 10.4 Å². The monoisotopic (exact) mass is 149 g/mol. The number of hydrogen-bond acceptors (Lipinski definition) is 1. The molecule has 0 bridgehead atoms. The number of rotatable bonds is 0. The highest BCUT2D eigenvalue weighted by molar-refractivity contribution is 5.89. The first kappa shape index (κ1) is 7.08. The molecular formula is C10H15N. The van der Waals surface area contributed by atoms with Crippen molar-refractivity contribution in [2.75, 3.05) is 6.54 Å². The summed E-state index contributed by atoms with van der Waals surface area (Å²) in [5.41, 5.74) is 1.87. The smallest absolute Gasteiger partial charge is 0.0389 e. The van der Waals surface area contributed by atoms with E-state index in [4.69, 9.17) is 0 Å². The van der Waals surface area contributed by atoms with E-state index in [1.807, 2.05) is 0 Å². The van der Waals surface area contributed by atoms with Crippen molar-refractivity contribution in [1.29, 1.82) is 0 Å². The minimum atomic E-state index is 0.470. The number of hydrogen-bond donors (Lipinski definition) is 0. The number of allylic oxidation sites excluding steroid dienone is 2. The molecule has 0 aromatic rings. The Labute approximate surface area is 68.2 Å². The van der Waals surface area contributed by atoms with E-state index < -0.39 is 0 Å². The summed E-state index contributed by atoms with van der Waals surface area (Å²) in [4.78, 5) is 4.54. The molecule has 0 atom stereocenters. The predicted octanol–water partition coefficient (Wildman–Crippen LogP) is 2.58. The molecule has 1 nitrogen and oxygen atoms in total. The second kappa shape index (κ2) is 2.47. The molecule has 0 saturated carbocycles. The SMILES string of the molecule is CC1=NCCCC12CC=CC2. The Morgan fingerprint density at radius 2 is 2.09 bits per heavy atom. The van der Waals surface area contributed by atoms with Gasteiger partial charge >= 0.3 is 0 Å². The van der Waals surface area contributed by atoms with Crippen LogP contribution in [0.2, 0.25) is 0 Å². The van der Waals surface area contributed by atoms with E-state index in [0.717, 1.165) is 6.54 Å². The van der Waals surface area contributed by atoms with Gasteiger partial charge in [-0.2, -0.15) is 0 Å². The summed E-state index contributed by atoms with van der Waals surface area (Å²) in [5.74, 6) is 0. The summed E-state index contributed by atoms with van der Waals surface area (Å²) >= 11 is 0. The van der Waals surface area contributed by atoms with Crippen LogP contribution in [0.3, 0.4) is 0 Å². The Kier molecular flexibility index (Phi) is 1.59. The van der Waals surface area contributed by atoms with Gasteiger partial charge in [-0.05, 0) is 32.6 Å². The van der Waals surface area contributed by atoms with E-state index >= 15 is 0 Å². The van der Waals surface area contributed by atoms with Crippen molar-refractivity contribution in [2.45, 2.75) is 32.6 Å². The maximum atomic E-state index is 4.54. The lowest BCUT2D eigenvalue weighted by Gasteiger charge is -2.32. The van der Waals surface area contributed by atoms with Crippen molar-refractivity contribution >= 4 is 5.71 Å². The molecule has 0 aromatic carbocycles. The molecule has 0 fully saturated rings. The molecule has 0 N–H and O–H groups in total. The van der Waals surface area contributed by atoms with Gasteiger partial charge in [-0.15, -0.1) is 0 Å². The fourth-order valence-electron chi connectivity index (χ4n) is 2.21. The predicted molar refractivity (Wildman–Crippen MR) is 48.0 cm³/mol. The van der Waals surface area contributed by atoms with Gasteiger partial charge in [-0.3, -0.25) is 4.99 Å². The van der Waals surface area contributed by atoms with Crippen LogP contribution in [-0.2, 0) is 0 Å². The Morgan fingerprint density at radius 1 is 1.36 bits per heavy atom. The third-order valence-corrected chi connectivity index (χ3v) is 3.11. The van der Waals surface area contributed by atoms with Gasteiger partial charge in [-0.1, -0.05) is 12.2 Å². The van der Waals surface area contributed by atoms with Crippen LogP contribution in [0.25, 0.3) is 0 Å². The van der Waals surface area contributed by atoms with Crippen molar-refractivity contribution in [3.63, 3.8) is 0 Å². The minimum absolute atomic E-state index is 0.470. The summed E-state index contributed by atoms with van der Waals surface area (Å²) in [5, 5.41) is 0. The summed E-state index contributed by atoms with van der Waals surface area (Å²) < 4.78 is 0. The molecule has 11 heavy (non-hydrogen) atoms. The molecule has 0 saturated heterocycles. The first-order valence-corrected chi connectivity index (χ1v) is 4.50. The first-order valence-electron chi connectivity index (χ1n) is 4.50. The van der Waals surface area contributed by atoms with Gasteiger partial charge in [0.1, 0.15) is 0 Å². The second-order valence-electron chi connectivity index (χ2n) is 3.73. The molecule has 1 heterocycles. The third kappa shape index (κ3) is 1.03. The minimum Gasteiger partial charge on any atom is -0.294 e. The zero-order valence-corrected chi connectivity index (χ0v) is 7.14. The second-order valence-corrected chi connectivity index (χ2v) is 3.73. The van der Waals surface area contributed by atoms with Crippen LogP contribution >= 0.6 is 0 Å². The average molecular weight is 149 g/mol. The van der Waals surface area contributed by atoms with Gasteiger partial charge in [0.2, 0.25) is 0 Å². The molecule has 0 unspecified atom stereocenters. The van der Waals surface area contributed by atoms with Crippen LogP contribution < -0.4 is 0 Å². The molecule has 2 rings (SSSR count). The lowest BCUT2D eigenvalue weighted by Crippen LogP contribution is -2.29. The van der Waals surface area contributed by atoms with E-state index in [0.29, 0.717) is 5.41 Å². The standard InChI is InChI=1S/C10H15N/c1-9-10(5-2-3-6-10)7-4-8-11-9/h2-3H,4-8H2,1H3. The highest BCUT2D eigenvalue weighted by Gasteiger charge is 2.34. The largest absolute Gasteiger partial charge is 0.294 e. The number of nitrogens with zero attached hydrogens (tertiary/aromatic N) is 1. The highest BCUT2D eigenvalue weighted by atomic mass is 14.8. The van der Waals surface area contributed by atoms with E-state index in [1.54, 1.807) is 0 Å². The Balaban J connectivity index is 2.23. The molecule has 1 aliphatic carbocycles. The van der Waals surface area contributed by atoms with Crippen molar-refractivity contribution in [1.82, 2.24) is 0 Å². The topological polar surface area (TPSA) is 12.4 Å². The molecular weight excluding hydrogens is 134 g/mol. The van der Waals surface area contributed by atoms with E-state index in [-0.39, 0.29) is 0 Å². The normalized spacial score (nSPS) is 27.5. The van der Waals surface area contributed by atoms with Gasteiger partial charge in [0, 0.05) is 17.7 Å². The van der Waals surface area contributed by atoms with Crippen molar-refractivity contribution in [3.8, 4) is 0 Å². The van der Waals surface area contributed by atoms with E-state index in [9.17, 15) is 0 Å². The zero-order valence-electron chi connectivity index (χ0n) is 7.14. The zero-order chi connectivity index (χ0) is 7.73. The summed E-state index contributed by atoms with van der Waals surface area (Å²) in [6.07, 6.45) is 9.74. The van der Waals surface area contributed by atoms with Crippen LogP contribution in [0.15, 0.2) is 17.1 Å². The van der Waals surface area contributed by atoms with Crippen LogP contribution in [0.1, 0.15) is 32.6 Å². The maximum Gasteiger partial charge on any atom is 0.0389 e. The van der Waals surface area contributed by atoms with E-state index in [2.05, 4.69) is 24.1 Å². The Bertz CT molecular complexity index is 205. The Morgan fingerprint density at radius 3 is 2.73 bits per heavy atom. The van der Waals surface area contributed by atoms with Gasteiger partial charge in [-0.25, -0.2) is 0 Å². The van der Waals surface area contributed by atoms with Crippen LogP contribution in [0, 0.1) is 5.41 Å². The lowest BCUT2D eigenvalue weighted by molar-refractivity contribution is 0.384. The fraction of sp³-hybridized carbons (Fsp3) is 0.700. The molecule has 60 valence electrons.